The molecule has 0 bridgehead atoms. The fourth-order valence-electron chi connectivity index (χ4n) is 1.58. The predicted octanol–water partition coefficient (Wildman–Crippen LogP) is 2.82. The first-order chi connectivity index (χ1) is 8.59. The van der Waals surface area contributed by atoms with E-state index in [0.717, 1.165) is 15.7 Å². The summed E-state index contributed by atoms with van der Waals surface area (Å²) in [7, 11) is 1.38. The summed E-state index contributed by atoms with van der Waals surface area (Å²) in [5.41, 5.74) is 0. The molecule has 0 heterocycles. The van der Waals surface area contributed by atoms with Crippen LogP contribution in [0.2, 0.25) is 0 Å². The zero-order valence-electron chi connectivity index (χ0n) is 10.2. The summed E-state index contributed by atoms with van der Waals surface area (Å²) in [6.07, 6.45) is -0.682. The number of hydrogen-bond acceptors (Lipinski definition) is 3. The number of fused-ring (bicyclic) bond motifs is 1. The molecular formula is C14H13NO3. The summed E-state index contributed by atoms with van der Waals surface area (Å²) in [4.78, 5) is 23.7. The molecule has 0 aliphatic rings. The van der Waals surface area contributed by atoms with Gasteiger partial charge in [0.1, 0.15) is 5.75 Å². The van der Waals surface area contributed by atoms with Crippen LogP contribution in [0.4, 0.5) is 4.79 Å². The van der Waals surface area contributed by atoms with Crippen LogP contribution >= 0.6 is 0 Å². The Kier molecular flexibility index (Phi) is 3.28. The van der Waals surface area contributed by atoms with Gasteiger partial charge in [0.2, 0.25) is 5.91 Å². The highest BCUT2D eigenvalue weighted by Gasteiger charge is 2.15. The van der Waals surface area contributed by atoms with Gasteiger partial charge in [-0.3, -0.25) is 9.69 Å². The fourth-order valence-corrected chi connectivity index (χ4v) is 1.58. The van der Waals surface area contributed by atoms with Crippen LogP contribution < -0.4 is 4.74 Å². The molecule has 92 valence electrons. The monoisotopic (exact) mass is 243 g/mol. The first-order valence-electron chi connectivity index (χ1n) is 5.53. The Morgan fingerprint density at radius 3 is 2.44 bits per heavy atom. The Labute approximate surface area is 105 Å². The molecule has 4 nitrogen and oxygen atoms in total. The Morgan fingerprint density at radius 2 is 1.72 bits per heavy atom. The van der Waals surface area contributed by atoms with Gasteiger partial charge in [0, 0.05) is 19.4 Å². The van der Waals surface area contributed by atoms with Gasteiger partial charge in [-0.05, 0) is 11.5 Å². The molecule has 0 saturated carbocycles. The highest BCUT2D eigenvalue weighted by molar-refractivity contribution is 5.94. The van der Waals surface area contributed by atoms with Crippen molar-refractivity contribution in [2.45, 2.75) is 6.92 Å². The van der Waals surface area contributed by atoms with E-state index < -0.39 is 6.09 Å². The van der Waals surface area contributed by atoms with Crippen molar-refractivity contribution in [3.63, 3.8) is 0 Å². The van der Waals surface area contributed by atoms with Crippen molar-refractivity contribution in [2.24, 2.45) is 0 Å². The summed E-state index contributed by atoms with van der Waals surface area (Å²) in [6.45, 7) is 1.31. The number of nitrogens with zero attached hydrogens (tertiary/aromatic N) is 1. The second-order valence-corrected chi connectivity index (χ2v) is 3.92. The lowest BCUT2D eigenvalue weighted by molar-refractivity contribution is -0.125. The summed E-state index contributed by atoms with van der Waals surface area (Å²) in [5, 5.41) is 1.82. The third kappa shape index (κ3) is 2.32. The quantitative estimate of drug-likeness (QED) is 0.773. The highest BCUT2D eigenvalue weighted by Crippen LogP contribution is 2.25. The standard InChI is InChI=1S/C14H13NO3/c1-10(16)15(2)14(17)18-13-9-5-7-11-6-3-4-8-12(11)13/h3-9H,1-2H3. The number of carbonyl (C=O) groups excluding carboxylic acids is 2. The van der Waals surface area contributed by atoms with Gasteiger partial charge in [0.05, 0.1) is 0 Å². The molecule has 0 fully saturated rings. The van der Waals surface area contributed by atoms with Gasteiger partial charge in [-0.2, -0.15) is 0 Å². The maximum absolute atomic E-state index is 11.7. The molecule has 2 aromatic carbocycles. The normalized spacial score (nSPS) is 10.1. The number of hydrogen-bond donors (Lipinski definition) is 0. The highest BCUT2D eigenvalue weighted by atomic mass is 16.6. The third-order valence-corrected chi connectivity index (χ3v) is 2.69. The lowest BCUT2D eigenvalue weighted by Gasteiger charge is -2.13. The lowest BCUT2D eigenvalue weighted by atomic mass is 10.1. The van der Waals surface area contributed by atoms with Crippen molar-refractivity contribution in [3.05, 3.63) is 42.5 Å². The number of benzene rings is 2. The van der Waals surface area contributed by atoms with Crippen LogP contribution in [0, 0.1) is 0 Å². The summed E-state index contributed by atoms with van der Waals surface area (Å²) in [6, 6.07) is 13.0. The van der Waals surface area contributed by atoms with Crippen LogP contribution in [-0.4, -0.2) is 23.9 Å². The molecule has 0 N–H and O–H groups in total. The average Bonchev–Trinajstić information content (AvgIpc) is 2.38. The summed E-state index contributed by atoms with van der Waals surface area (Å²) in [5.74, 6) is 0.0893. The van der Waals surface area contributed by atoms with Gasteiger partial charge in [0.15, 0.2) is 0 Å². The maximum atomic E-state index is 11.7. The first-order valence-corrected chi connectivity index (χ1v) is 5.53. The molecule has 4 heteroatoms. The van der Waals surface area contributed by atoms with E-state index in [-0.39, 0.29) is 5.91 Å². The van der Waals surface area contributed by atoms with Gasteiger partial charge in [-0.15, -0.1) is 0 Å². The number of carbonyl (C=O) groups is 2. The van der Waals surface area contributed by atoms with E-state index in [2.05, 4.69) is 0 Å². The van der Waals surface area contributed by atoms with Crippen LogP contribution in [0.15, 0.2) is 42.5 Å². The molecule has 2 aromatic rings. The predicted molar refractivity (Wildman–Crippen MR) is 68.4 cm³/mol. The molecule has 2 rings (SSSR count). The van der Waals surface area contributed by atoms with Crippen LogP contribution in [-0.2, 0) is 4.79 Å². The molecule has 0 aromatic heterocycles. The second-order valence-electron chi connectivity index (χ2n) is 3.92. The molecule has 18 heavy (non-hydrogen) atoms. The van der Waals surface area contributed by atoms with E-state index >= 15 is 0 Å². The van der Waals surface area contributed by atoms with Crippen molar-refractivity contribution in [3.8, 4) is 5.75 Å². The Balaban J connectivity index is 2.32. The van der Waals surface area contributed by atoms with Crippen molar-refractivity contribution in [1.29, 1.82) is 0 Å². The minimum atomic E-state index is -0.682. The van der Waals surface area contributed by atoms with Crippen molar-refractivity contribution in [1.82, 2.24) is 4.90 Å². The largest absolute Gasteiger partial charge is 0.421 e. The average molecular weight is 243 g/mol. The Hall–Kier alpha value is -2.36. The van der Waals surface area contributed by atoms with Gasteiger partial charge < -0.3 is 4.74 Å². The van der Waals surface area contributed by atoms with Crippen molar-refractivity contribution in [2.75, 3.05) is 7.05 Å². The van der Waals surface area contributed by atoms with Crippen molar-refractivity contribution < 1.29 is 14.3 Å². The van der Waals surface area contributed by atoms with Crippen LogP contribution in [0.3, 0.4) is 0 Å². The van der Waals surface area contributed by atoms with E-state index in [9.17, 15) is 9.59 Å². The van der Waals surface area contributed by atoms with E-state index in [0.29, 0.717) is 5.75 Å². The van der Waals surface area contributed by atoms with Gasteiger partial charge in [0.25, 0.3) is 0 Å². The Bertz CT molecular complexity index is 602. The van der Waals surface area contributed by atoms with E-state index in [1.54, 1.807) is 12.1 Å². The number of rotatable bonds is 1. The molecule has 0 aliphatic heterocycles. The third-order valence-electron chi connectivity index (χ3n) is 2.69. The van der Waals surface area contributed by atoms with Gasteiger partial charge >= 0.3 is 6.09 Å². The molecular weight excluding hydrogens is 230 g/mol. The van der Waals surface area contributed by atoms with Crippen LogP contribution in [0.1, 0.15) is 6.92 Å². The molecule has 0 saturated heterocycles. The molecule has 0 aliphatic carbocycles. The number of ether oxygens (including phenoxy) is 1. The molecule has 0 atom stereocenters. The zero-order valence-corrected chi connectivity index (χ0v) is 10.2. The summed E-state index contributed by atoms with van der Waals surface area (Å²) >= 11 is 0. The fraction of sp³-hybridized carbons (Fsp3) is 0.143. The molecule has 2 amide bonds. The number of imide groups is 1. The molecule has 0 unspecified atom stereocenters. The topological polar surface area (TPSA) is 46.6 Å². The van der Waals surface area contributed by atoms with Crippen LogP contribution in [0.25, 0.3) is 10.8 Å². The van der Waals surface area contributed by atoms with Crippen LogP contribution in [0.5, 0.6) is 5.75 Å². The Morgan fingerprint density at radius 1 is 1.06 bits per heavy atom. The second kappa shape index (κ2) is 4.87. The van der Waals surface area contributed by atoms with E-state index in [4.69, 9.17) is 4.74 Å². The van der Waals surface area contributed by atoms with Gasteiger partial charge in [-0.1, -0.05) is 36.4 Å². The smallest absolute Gasteiger partial charge is 0.409 e. The van der Waals surface area contributed by atoms with Gasteiger partial charge in [-0.25, -0.2) is 4.79 Å². The minimum Gasteiger partial charge on any atom is -0.409 e. The van der Waals surface area contributed by atoms with E-state index in [1.165, 1.54) is 14.0 Å². The maximum Gasteiger partial charge on any atom is 0.421 e. The minimum absolute atomic E-state index is 0.361. The molecule has 0 spiro atoms. The zero-order chi connectivity index (χ0) is 13.1. The molecule has 0 radical (unpaired) electrons. The lowest BCUT2D eigenvalue weighted by Crippen LogP contribution is -2.33. The van der Waals surface area contributed by atoms with Crippen molar-refractivity contribution >= 4 is 22.8 Å². The first kappa shape index (κ1) is 12.1. The summed E-state index contributed by atoms with van der Waals surface area (Å²) < 4.78 is 5.22. The number of amides is 2. The van der Waals surface area contributed by atoms with E-state index in [1.807, 2.05) is 30.3 Å². The SMILES string of the molecule is CC(=O)N(C)C(=O)Oc1cccc2ccccc12.